The second kappa shape index (κ2) is 7.65. The van der Waals surface area contributed by atoms with E-state index < -0.39 is 12.0 Å². The lowest BCUT2D eigenvalue weighted by molar-refractivity contribution is -0.139. The molecule has 0 rings (SSSR count). The summed E-state index contributed by atoms with van der Waals surface area (Å²) in [5.74, 6) is -0.0678. The summed E-state index contributed by atoms with van der Waals surface area (Å²) in [5, 5.41) is 11.6. The predicted molar refractivity (Wildman–Crippen MR) is 62.1 cm³/mol. The molecule has 0 aliphatic rings. The highest BCUT2D eigenvalue weighted by Crippen LogP contribution is 2.02. The highest BCUT2D eigenvalue weighted by molar-refractivity contribution is 5.73. The number of nitrogens with one attached hydrogen (secondary N) is 1. The molecule has 1 unspecified atom stereocenters. The Morgan fingerprint density at radius 3 is 2.27 bits per heavy atom. The summed E-state index contributed by atoms with van der Waals surface area (Å²) in [6, 6.07) is -0.425. The maximum atomic E-state index is 10.7. The Morgan fingerprint density at radius 1 is 1.33 bits per heavy atom. The lowest BCUT2D eigenvalue weighted by Crippen LogP contribution is -2.37. The second-order valence-electron chi connectivity index (χ2n) is 4.45. The van der Waals surface area contributed by atoms with Gasteiger partial charge in [0.1, 0.15) is 6.04 Å². The first kappa shape index (κ1) is 14.4. The minimum Gasteiger partial charge on any atom is -0.480 e. The molecule has 15 heavy (non-hydrogen) atoms. The molecule has 0 aliphatic carbocycles. The molecule has 1 atom stereocenters. The van der Waals surface area contributed by atoms with Gasteiger partial charge in [-0.1, -0.05) is 13.8 Å². The van der Waals surface area contributed by atoms with Gasteiger partial charge in [-0.2, -0.15) is 0 Å². The molecule has 0 aromatic heterocycles. The van der Waals surface area contributed by atoms with Crippen molar-refractivity contribution >= 4 is 5.97 Å². The number of carboxylic acids is 1. The molecule has 0 radical (unpaired) electrons. The van der Waals surface area contributed by atoms with E-state index >= 15 is 0 Å². The maximum Gasteiger partial charge on any atom is 0.320 e. The van der Waals surface area contributed by atoms with Crippen LogP contribution in [0.1, 0.15) is 26.7 Å². The number of carbonyl (C=O) groups is 1. The van der Waals surface area contributed by atoms with Crippen LogP contribution in [0, 0.1) is 5.92 Å². The van der Waals surface area contributed by atoms with Gasteiger partial charge >= 0.3 is 5.97 Å². The molecular formula is C11H24N2O2. The van der Waals surface area contributed by atoms with Crippen LogP contribution in [0.5, 0.6) is 0 Å². The molecule has 4 nitrogen and oxygen atoms in total. The van der Waals surface area contributed by atoms with Gasteiger partial charge in [-0.3, -0.25) is 4.79 Å². The Morgan fingerprint density at radius 2 is 1.87 bits per heavy atom. The molecule has 0 heterocycles. The Bertz CT molecular complexity index is 183. The lowest BCUT2D eigenvalue weighted by Gasteiger charge is -2.19. The van der Waals surface area contributed by atoms with Gasteiger partial charge < -0.3 is 15.3 Å². The van der Waals surface area contributed by atoms with Gasteiger partial charge in [-0.05, 0) is 45.9 Å². The van der Waals surface area contributed by atoms with Crippen LogP contribution in [0.25, 0.3) is 0 Å². The average molecular weight is 216 g/mol. The molecular weight excluding hydrogens is 192 g/mol. The van der Waals surface area contributed by atoms with Gasteiger partial charge in [0, 0.05) is 0 Å². The molecule has 0 bridgehead atoms. The van der Waals surface area contributed by atoms with Gasteiger partial charge in [-0.15, -0.1) is 0 Å². The topological polar surface area (TPSA) is 52.6 Å². The van der Waals surface area contributed by atoms with Crippen LogP contribution in [0.3, 0.4) is 0 Å². The summed E-state index contributed by atoms with van der Waals surface area (Å²) in [6.07, 6.45) is 1.81. The van der Waals surface area contributed by atoms with Crippen LogP contribution in [-0.4, -0.2) is 49.2 Å². The molecule has 90 valence electrons. The summed E-state index contributed by atoms with van der Waals surface area (Å²) in [7, 11) is 3.73. The molecule has 0 aromatic carbocycles. The number of carboxylic acid groups (broad SMARTS) is 1. The van der Waals surface area contributed by atoms with Crippen molar-refractivity contribution in [2.45, 2.75) is 32.7 Å². The quantitative estimate of drug-likeness (QED) is 0.636. The first-order valence-corrected chi connectivity index (χ1v) is 5.56. The van der Waals surface area contributed by atoms with Crippen LogP contribution in [-0.2, 0) is 4.79 Å². The van der Waals surface area contributed by atoms with E-state index in [1.54, 1.807) is 7.05 Å². The van der Waals surface area contributed by atoms with Gasteiger partial charge in [0.25, 0.3) is 0 Å². The van der Waals surface area contributed by atoms with Gasteiger partial charge in [0.05, 0.1) is 0 Å². The van der Waals surface area contributed by atoms with E-state index in [1.165, 1.54) is 0 Å². The summed E-state index contributed by atoms with van der Waals surface area (Å²) < 4.78 is 0. The Balaban J connectivity index is 3.68. The number of hydrogen-bond donors (Lipinski definition) is 2. The second-order valence-corrected chi connectivity index (χ2v) is 4.45. The minimum absolute atomic E-state index is 0.425. The normalized spacial score (nSPS) is 13.5. The van der Waals surface area contributed by atoms with Gasteiger partial charge in [0.15, 0.2) is 0 Å². The van der Waals surface area contributed by atoms with Crippen molar-refractivity contribution in [2.24, 2.45) is 5.92 Å². The number of hydrogen-bond acceptors (Lipinski definition) is 3. The van der Waals surface area contributed by atoms with Crippen LogP contribution in [0.15, 0.2) is 0 Å². The zero-order chi connectivity index (χ0) is 11.8. The summed E-state index contributed by atoms with van der Waals surface area (Å²) >= 11 is 0. The van der Waals surface area contributed by atoms with E-state index in [0.717, 1.165) is 19.5 Å². The molecule has 0 saturated heterocycles. The van der Waals surface area contributed by atoms with Gasteiger partial charge in [0.2, 0.25) is 0 Å². The largest absolute Gasteiger partial charge is 0.480 e. The van der Waals surface area contributed by atoms with Crippen LogP contribution >= 0.6 is 0 Å². The molecule has 0 amide bonds. The standard InChI is InChI=1S/C11H24N2O2/c1-9(2)5-7-13(4)8-6-10(12-3)11(14)15/h9-10,12H,5-8H2,1-4H3,(H,14,15). The third kappa shape index (κ3) is 7.33. The number of likely N-dealkylation sites (N-methyl/N-ethyl adjacent to an activating group) is 1. The zero-order valence-electron chi connectivity index (χ0n) is 10.3. The molecule has 2 N–H and O–H groups in total. The summed E-state index contributed by atoms with van der Waals surface area (Å²) in [5.41, 5.74) is 0. The van der Waals surface area contributed by atoms with Crippen LogP contribution < -0.4 is 5.32 Å². The van der Waals surface area contributed by atoms with E-state index in [0.29, 0.717) is 12.3 Å². The highest BCUT2D eigenvalue weighted by atomic mass is 16.4. The summed E-state index contributed by atoms with van der Waals surface area (Å²) in [4.78, 5) is 12.9. The van der Waals surface area contributed by atoms with E-state index in [4.69, 9.17) is 5.11 Å². The van der Waals surface area contributed by atoms with Crippen LogP contribution in [0.4, 0.5) is 0 Å². The molecule has 0 fully saturated rings. The van der Waals surface area contributed by atoms with Crippen molar-refractivity contribution in [1.29, 1.82) is 0 Å². The molecule has 0 aromatic rings. The Labute approximate surface area is 92.7 Å². The van der Waals surface area contributed by atoms with Crippen molar-refractivity contribution < 1.29 is 9.90 Å². The number of aliphatic carboxylic acids is 1. The fraction of sp³-hybridized carbons (Fsp3) is 0.909. The van der Waals surface area contributed by atoms with Gasteiger partial charge in [-0.25, -0.2) is 0 Å². The van der Waals surface area contributed by atoms with E-state index in [9.17, 15) is 4.79 Å². The zero-order valence-corrected chi connectivity index (χ0v) is 10.3. The third-order valence-electron chi connectivity index (χ3n) is 2.53. The molecule has 4 heteroatoms. The monoisotopic (exact) mass is 216 g/mol. The average Bonchev–Trinajstić information content (AvgIpc) is 2.15. The molecule has 0 aliphatic heterocycles. The minimum atomic E-state index is -0.769. The summed E-state index contributed by atoms with van der Waals surface area (Å²) in [6.45, 7) is 6.25. The number of nitrogens with zero attached hydrogens (tertiary/aromatic N) is 1. The van der Waals surface area contributed by atoms with Crippen LogP contribution in [0.2, 0.25) is 0 Å². The lowest BCUT2D eigenvalue weighted by atomic mass is 10.1. The van der Waals surface area contributed by atoms with Crippen molar-refractivity contribution in [3.8, 4) is 0 Å². The van der Waals surface area contributed by atoms with E-state index in [-0.39, 0.29) is 0 Å². The molecule has 0 spiro atoms. The SMILES string of the molecule is CNC(CCN(C)CCC(C)C)C(=O)O. The fourth-order valence-corrected chi connectivity index (χ4v) is 1.33. The van der Waals surface area contributed by atoms with Crippen molar-refractivity contribution in [1.82, 2.24) is 10.2 Å². The predicted octanol–water partition coefficient (Wildman–Crippen LogP) is 1.03. The first-order valence-electron chi connectivity index (χ1n) is 5.56. The maximum absolute atomic E-state index is 10.7. The Kier molecular flexibility index (Phi) is 7.34. The van der Waals surface area contributed by atoms with E-state index in [2.05, 4.69) is 24.1 Å². The molecule has 0 saturated carbocycles. The first-order chi connectivity index (χ1) is 6.97. The Hall–Kier alpha value is -0.610. The smallest absolute Gasteiger partial charge is 0.320 e. The highest BCUT2D eigenvalue weighted by Gasteiger charge is 2.14. The van der Waals surface area contributed by atoms with Crippen molar-refractivity contribution in [3.63, 3.8) is 0 Å². The van der Waals surface area contributed by atoms with Crippen molar-refractivity contribution in [3.05, 3.63) is 0 Å². The van der Waals surface area contributed by atoms with E-state index in [1.807, 2.05) is 7.05 Å². The third-order valence-corrected chi connectivity index (χ3v) is 2.53. The fourth-order valence-electron chi connectivity index (χ4n) is 1.33. The number of rotatable bonds is 8. The van der Waals surface area contributed by atoms with Crippen molar-refractivity contribution in [2.75, 3.05) is 27.2 Å².